The molecule has 0 aliphatic heterocycles. The normalized spacial score (nSPS) is 16.2. The van der Waals surface area contributed by atoms with Gasteiger partial charge in [-0.15, -0.1) is 0 Å². The molecule has 2 rings (SSSR count). The lowest BCUT2D eigenvalue weighted by Crippen LogP contribution is -2.50. The molecule has 0 amide bonds. The van der Waals surface area contributed by atoms with Gasteiger partial charge in [-0.05, 0) is 51.3 Å². The largest absolute Gasteiger partial charge is 0.292 e. The Kier molecular flexibility index (Phi) is 4.64. The molecule has 0 atom stereocenters. The molecule has 0 N–H and O–H groups in total. The lowest BCUT2D eigenvalue weighted by molar-refractivity contribution is 0.0666. The van der Waals surface area contributed by atoms with Crippen molar-refractivity contribution in [3.8, 4) is 0 Å². The van der Waals surface area contributed by atoms with Gasteiger partial charge in [-0.25, -0.2) is 0 Å². The van der Waals surface area contributed by atoms with E-state index in [-0.39, 0.29) is 5.78 Å². The van der Waals surface area contributed by atoms with E-state index in [1.165, 1.54) is 24.8 Å². The van der Waals surface area contributed by atoms with E-state index in [1.807, 2.05) is 12.1 Å². The van der Waals surface area contributed by atoms with Crippen LogP contribution in [0.4, 0.5) is 0 Å². The van der Waals surface area contributed by atoms with Gasteiger partial charge in [0.15, 0.2) is 5.78 Å². The zero-order chi connectivity index (χ0) is 14.8. The second-order valence-electron chi connectivity index (χ2n) is 6.28. The van der Waals surface area contributed by atoms with Crippen molar-refractivity contribution >= 4 is 5.78 Å². The minimum atomic E-state index is -0.427. The van der Waals surface area contributed by atoms with Crippen molar-refractivity contribution in [1.82, 2.24) is 4.90 Å². The third kappa shape index (κ3) is 2.67. The summed E-state index contributed by atoms with van der Waals surface area (Å²) in [6.07, 6.45) is 3.76. The molecule has 0 radical (unpaired) electrons. The maximum atomic E-state index is 13.0. The van der Waals surface area contributed by atoms with Crippen LogP contribution in [0, 0.1) is 0 Å². The molecule has 0 unspecified atom stereocenters. The van der Waals surface area contributed by atoms with Crippen molar-refractivity contribution in [2.75, 3.05) is 13.1 Å². The molecule has 1 aromatic rings. The third-order valence-electron chi connectivity index (χ3n) is 4.86. The molecule has 0 bridgehead atoms. The van der Waals surface area contributed by atoms with Gasteiger partial charge in [0.05, 0.1) is 5.54 Å². The van der Waals surface area contributed by atoms with Crippen molar-refractivity contribution in [2.45, 2.75) is 58.4 Å². The van der Waals surface area contributed by atoms with E-state index in [0.29, 0.717) is 5.92 Å². The molecule has 20 heavy (non-hydrogen) atoms. The lowest BCUT2D eigenvalue weighted by Gasteiger charge is -2.37. The summed E-state index contributed by atoms with van der Waals surface area (Å²) < 4.78 is 0. The molecule has 2 heteroatoms. The summed E-state index contributed by atoms with van der Waals surface area (Å²) in [4.78, 5) is 15.3. The first kappa shape index (κ1) is 15.2. The molecule has 1 fully saturated rings. The number of ketones is 1. The number of hydrogen-bond acceptors (Lipinski definition) is 2. The van der Waals surface area contributed by atoms with Gasteiger partial charge in [-0.3, -0.25) is 9.69 Å². The second-order valence-corrected chi connectivity index (χ2v) is 6.28. The van der Waals surface area contributed by atoms with E-state index >= 15 is 0 Å². The van der Waals surface area contributed by atoms with Crippen LogP contribution in [0.1, 0.15) is 68.8 Å². The summed E-state index contributed by atoms with van der Waals surface area (Å²) in [5.74, 6) is 0.867. The maximum absolute atomic E-state index is 13.0. The predicted molar refractivity (Wildman–Crippen MR) is 84.4 cm³/mol. The summed E-state index contributed by atoms with van der Waals surface area (Å²) in [5, 5.41) is 0. The zero-order valence-electron chi connectivity index (χ0n) is 13.3. The number of benzene rings is 1. The first-order chi connectivity index (χ1) is 9.52. The predicted octanol–water partition coefficient (Wildman–Crippen LogP) is 4.26. The molecule has 1 aliphatic carbocycles. The number of likely N-dealkylation sites (N-methyl/N-ethyl adjacent to an activating group) is 1. The summed E-state index contributed by atoms with van der Waals surface area (Å²) >= 11 is 0. The van der Waals surface area contributed by atoms with Crippen molar-refractivity contribution in [3.63, 3.8) is 0 Å². The zero-order valence-corrected chi connectivity index (χ0v) is 13.3. The van der Waals surface area contributed by atoms with Crippen LogP contribution in [-0.4, -0.2) is 29.3 Å². The summed E-state index contributed by atoms with van der Waals surface area (Å²) in [5.41, 5.74) is 1.78. The van der Waals surface area contributed by atoms with Crippen molar-refractivity contribution in [3.05, 3.63) is 35.4 Å². The Hall–Kier alpha value is -1.15. The molecule has 0 heterocycles. The Morgan fingerprint density at radius 3 is 2.30 bits per heavy atom. The molecule has 0 saturated heterocycles. The van der Waals surface area contributed by atoms with Crippen molar-refractivity contribution in [2.24, 2.45) is 0 Å². The standard InChI is InChI=1S/C18H27NO/c1-5-19(6-2)18(3,4)17(20)16-13-8-7-12-15(16)14-10-9-11-14/h7-8,12-14H,5-6,9-11H2,1-4H3. The van der Waals surface area contributed by atoms with Crippen LogP contribution in [0.15, 0.2) is 24.3 Å². The van der Waals surface area contributed by atoms with Crippen LogP contribution in [0.5, 0.6) is 0 Å². The maximum Gasteiger partial charge on any atom is 0.182 e. The minimum absolute atomic E-state index is 0.267. The quantitative estimate of drug-likeness (QED) is 0.722. The Balaban J connectivity index is 2.33. The van der Waals surface area contributed by atoms with E-state index in [0.717, 1.165) is 18.7 Å². The first-order valence-electron chi connectivity index (χ1n) is 7.91. The highest BCUT2D eigenvalue weighted by atomic mass is 16.1. The Morgan fingerprint density at radius 2 is 1.80 bits per heavy atom. The first-order valence-corrected chi connectivity index (χ1v) is 7.91. The minimum Gasteiger partial charge on any atom is -0.292 e. The number of carbonyl (C=O) groups is 1. The van der Waals surface area contributed by atoms with Gasteiger partial charge in [0, 0.05) is 5.56 Å². The van der Waals surface area contributed by atoms with Gasteiger partial charge in [0.1, 0.15) is 0 Å². The van der Waals surface area contributed by atoms with E-state index in [2.05, 4.69) is 44.7 Å². The van der Waals surface area contributed by atoms with Gasteiger partial charge in [0.2, 0.25) is 0 Å². The second kappa shape index (κ2) is 6.09. The van der Waals surface area contributed by atoms with Gasteiger partial charge < -0.3 is 0 Å². The summed E-state index contributed by atoms with van der Waals surface area (Å²) in [6, 6.07) is 8.22. The highest BCUT2D eigenvalue weighted by molar-refractivity contribution is 6.04. The van der Waals surface area contributed by atoms with Gasteiger partial charge in [-0.1, -0.05) is 44.5 Å². The smallest absolute Gasteiger partial charge is 0.182 e. The molecule has 1 aliphatic rings. The van der Waals surface area contributed by atoms with Crippen LogP contribution in [0.2, 0.25) is 0 Å². The van der Waals surface area contributed by atoms with E-state index in [1.54, 1.807) is 0 Å². The fourth-order valence-corrected chi connectivity index (χ4v) is 3.27. The number of rotatable bonds is 6. The fourth-order valence-electron chi connectivity index (χ4n) is 3.27. The van der Waals surface area contributed by atoms with Gasteiger partial charge >= 0.3 is 0 Å². The Labute approximate surface area is 123 Å². The van der Waals surface area contributed by atoms with Gasteiger partial charge in [-0.2, -0.15) is 0 Å². The molecule has 2 nitrogen and oxygen atoms in total. The SMILES string of the molecule is CCN(CC)C(C)(C)C(=O)c1ccccc1C1CCC1. The molecule has 1 saturated carbocycles. The van der Waals surface area contributed by atoms with E-state index in [4.69, 9.17) is 0 Å². The molecular formula is C18H27NO. The number of Topliss-reactive ketones (excluding diaryl/α,β-unsaturated/α-hetero) is 1. The average molecular weight is 273 g/mol. The molecule has 0 spiro atoms. The van der Waals surface area contributed by atoms with E-state index < -0.39 is 5.54 Å². The summed E-state index contributed by atoms with van der Waals surface area (Å²) in [7, 11) is 0. The molecular weight excluding hydrogens is 246 g/mol. The average Bonchev–Trinajstić information content (AvgIpc) is 2.37. The number of hydrogen-bond donors (Lipinski definition) is 0. The van der Waals surface area contributed by atoms with Crippen LogP contribution in [0.3, 0.4) is 0 Å². The molecule has 0 aromatic heterocycles. The number of carbonyl (C=O) groups excluding carboxylic acids is 1. The summed E-state index contributed by atoms with van der Waals surface area (Å²) in [6.45, 7) is 10.2. The molecule has 1 aromatic carbocycles. The Bertz CT molecular complexity index is 470. The van der Waals surface area contributed by atoms with E-state index in [9.17, 15) is 4.79 Å². The van der Waals surface area contributed by atoms with Crippen molar-refractivity contribution in [1.29, 1.82) is 0 Å². The Morgan fingerprint density at radius 1 is 1.20 bits per heavy atom. The van der Waals surface area contributed by atoms with Crippen LogP contribution < -0.4 is 0 Å². The van der Waals surface area contributed by atoms with Crippen LogP contribution >= 0.6 is 0 Å². The number of nitrogens with zero attached hydrogens (tertiary/aromatic N) is 1. The highest BCUT2D eigenvalue weighted by Gasteiger charge is 2.35. The molecule has 110 valence electrons. The highest BCUT2D eigenvalue weighted by Crippen LogP contribution is 2.39. The third-order valence-corrected chi connectivity index (χ3v) is 4.86. The van der Waals surface area contributed by atoms with Crippen LogP contribution in [0.25, 0.3) is 0 Å². The monoisotopic (exact) mass is 273 g/mol. The van der Waals surface area contributed by atoms with Crippen molar-refractivity contribution < 1.29 is 4.79 Å². The fraction of sp³-hybridized carbons (Fsp3) is 0.611. The van der Waals surface area contributed by atoms with Crippen LogP contribution in [-0.2, 0) is 0 Å². The van der Waals surface area contributed by atoms with Gasteiger partial charge in [0.25, 0.3) is 0 Å². The topological polar surface area (TPSA) is 20.3 Å². The lowest BCUT2D eigenvalue weighted by atomic mass is 9.76.